The lowest BCUT2D eigenvalue weighted by atomic mass is 10.1. The molecule has 1 fully saturated rings. The zero-order valence-electron chi connectivity index (χ0n) is 15.6. The van der Waals surface area contributed by atoms with Crippen molar-refractivity contribution >= 4 is 38.9 Å². The number of rotatable bonds is 5. The SMILES string of the molecule is CN=C(NCc1sc(C)nc1C)NCC1CCN(c2cccc(Br)c2)C1. The number of thiazole rings is 1. The van der Waals surface area contributed by atoms with Crippen molar-refractivity contribution in [2.24, 2.45) is 10.9 Å². The van der Waals surface area contributed by atoms with Crippen molar-refractivity contribution in [3.63, 3.8) is 0 Å². The first kappa shape index (κ1) is 19.2. The number of hydrogen-bond donors (Lipinski definition) is 2. The molecule has 0 amide bonds. The molecule has 140 valence electrons. The molecule has 1 aliphatic rings. The molecular weight excluding hydrogens is 410 g/mol. The second kappa shape index (κ2) is 8.86. The van der Waals surface area contributed by atoms with Gasteiger partial charge in [0.05, 0.1) is 17.2 Å². The van der Waals surface area contributed by atoms with Gasteiger partial charge in [-0.15, -0.1) is 11.3 Å². The summed E-state index contributed by atoms with van der Waals surface area (Å²) in [5.74, 6) is 1.48. The summed E-state index contributed by atoms with van der Waals surface area (Å²) in [4.78, 5) is 12.6. The first-order valence-electron chi connectivity index (χ1n) is 8.93. The van der Waals surface area contributed by atoms with E-state index in [2.05, 4.69) is 72.6 Å². The van der Waals surface area contributed by atoms with Crippen LogP contribution in [0.25, 0.3) is 0 Å². The Bertz CT molecular complexity index is 773. The second-order valence-electron chi connectivity index (χ2n) is 6.63. The van der Waals surface area contributed by atoms with Crippen molar-refractivity contribution in [3.05, 3.63) is 44.3 Å². The van der Waals surface area contributed by atoms with Crippen LogP contribution in [-0.4, -0.2) is 37.6 Å². The maximum Gasteiger partial charge on any atom is 0.191 e. The molecule has 1 aromatic carbocycles. The smallest absolute Gasteiger partial charge is 0.191 e. The van der Waals surface area contributed by atoms with Crippen molar-refractivity contribution in [1.82, 2.24) is 15.6 Å². The van der Waals surface area contributed by atoms with Gasteiger partial charge in [-0.3, -0.25) is 4.99 Å². The van der Waals surface area contributed by atoms with E-state index in [-0.39, 0.29) is 0 Å². The van der Waals surface area contributed by atoms with E-state index in [0.717, 1.165) is 47.3 Å². The lowest BCUT2D eigenvalue weighted by Gasteiger charge is -2.19. The molecule has 5 nitrogen and oxygen atoms in total. The topological polar surface area (TPSA) is 52.6 Å². The Hall–Kier alpha value is -1.60. The number of anilines is 1. The number of guanidine groups is 1. The van der Waals surface area contributed by atoms with Gasteiger partial charge < -0.3 is 15.5 Å². The van der Waals surface area contributed by atoms with Gasteiger partial charge in [0.15, 0.2) is 5.96 Å². The normalized spacial score (nSPS) is 17.6. The van der Waals surface area contributed by atoms with Crippen LogP contribution in [0.3, 0.4) is 0 Å². The summed E-state index contributed by atoms with van der Waals surface area (Å²) in [6.45, 7) is 8.00. The highest BCUT2D eigenvalue weighted by Crippen LogP contribution is 2.26. The summed E-state index contributed by atoms with van der Waals surface area (Å²) >= 11 is 5.30. The Labute approximate surface area is 168 Å². The first-order chi connectivity index (χ1) is 12.5. The molecule has 0 bridgehead atoms. The number of hydrogen-bond acceptors (Lipinski definition) is 4. The van der Waals surface area contributed by atoms with Gasteiger partial charge in [-0.2, -0.15) is 0 Å². The van der Waals surface area contributed by atoms with E-state index >= 15 is 0 Å². The van der Waals surface area contributed by atoms with E-state index in [1.165, 1.54) is 17.0 Å². The van der Waals surface area contributed by atoms with E-state index in [1.807, 2.05) is 14.0 Å². The van der Waals surface area contributed by atoms with Crippen LogP contribution in [0.5, 0.6) is 0 Å². The minimum absolute atomic E-state index is 0.625. The first-order valence-corrected chi connectivity index (χ1v) is 10.5. The maximum atomic E-state index is 4.48. The Balaban J connectivity index is 1.46. The minimum Gasteiger partial charge on any atom is -0.371 e. The van der Waals surface area contributed by atoms with E-state index < -0.39 is 0 Å². The Kier molecular flexibility index (Phi) is 6.53. The number of benzene rings is 1. The zero-order valence-corrected chi connectivity index (χ0v) is 18.0. The van der Waals surface area contributed by atoms with Gasteiger partial charge in [0.1, 0.15) is 0 Å². The molecule has 3 rings (SSSR count). The van der Waals surface area contributed by atoms with Crippen LogP contribution in [0.4, 0.5) is 5.69 Å². The molecule has 1 unspecified atom stereocenters. The van der Waals surface area contributed by atoms with Crippen LogP contribution in [0.1, 0.15) is 22.0 Å². The van der Waals surface area contributed by atoms with Crippen LogP contribution in [0.2, 0.25) is 0 Å². The molecule has 1 aliphatic heterocycles. The fraction of sp³-hybridized carbons (Fsp3) is 0.474. The number of aryl methyl sites for hydroxylation is 2. The monoisotopic (exact) mass is 435 g/mol. The molecule has 0 aliphatic carbocycles. The van der Waals surface area contributed by atoms with Gasteiger partial charge in [-0.1, -0.05) is 22.0 Å². The van der Waals surface area contributed by atoms with Gasteiger partial charge in [0, 0.05) is 41.7 Å². The summed E-state index contributed by atoms with van der Waals surface area (Å²) < 4.78 is 1.13. The number of halogens is 1. The summed E-state index contributed by atoms with van der Waals surface area (Å²) in [5.41, 5.74) is 2.40. The second-order valence-corrected chi connectivity index (χ2v) is 8.83. The average molecular weight is 436 g/mol. The van der Waals surface area contributed by atoms with Crippen molar-refractivity contribution in [1.29, 1.82) is 0 Å². The van der Waals surface area contributed by atoms with Crippen molar-refractivity contribution in [2.75, 3.05) is 31.6 Å². The molecule has 0 saturated carbocycles. The van der Waals surface area contributed by atoms with Crippen molar-refractivity contribution in [2.45, 2.75) is 26.8 Å². The lowest BCUT2D eigenvalue weighted by Crippen LogP contribution is -2.39. The molecule has 0 radical (unpaired) electrons. The Morgan fingerprint density at radius 2 is 2.23 bits per heavy atom. The molecule has 7 heteroatoms. The Morgan fingerprint density at radius 1 is 1.38 bits per heavy atom. The van der Waals surface area contributed by atoms with Crippen LogP contribution < -0.4 is 15.5 Å². The van der Waals surface area contributed by atoms with Gasteiger partial charge >= 0.3 is 0 Å². The summed E-state index contributed by atoms with van der Waals surface area (Å²) in [6, 6.07) is 8.54. The summed E-state index contributed by atoms with van der Waals surface area (Å²) in [6.07, 6.45) is 1.20. The molecule has 2 heterocycles. The molecular formula is C19H26BrN5S. The summed E-state index contributed by atoms with van der Waals surface area (Å²) in [7, 11) is 1.82. The molecule has 26 heavy (non-hydrogen) atoms. The number of nitrogens with zero attached hydrogens (tertiary/aromatic N) is 3. The molecule has 0 spiro atoms. The largest absolute Gasteiger partial charge is 0.371 e. The van der Waals surface area contributed by atoms with E-state index in [0.29, 0.717) is 5.92 Å². The molecule has 2 aromatic rings. The molecule has 2 N–H and O–H groups in total. The maximum absolute atomic E-state index is 4.48. The molecule has 1 atom stereocenters. The Morgan fingerprint density at radius 3 is 2.92 bits per heavy atom. The fourth-order valence-electron chi connectivity index (χ4n) is 3.27. The van der Waals surface area contributed by atoms with Gasteiger partial charge in [0.2, 0.25) is 0 Å². The highest BCUT2D eigenvalue weighted by molar-refractivity contribution is 9.10. The highest BCUT2D eigenvalue weighted by Gasteiger charge is 2.23. The number of aromatic nitrogens is 1. The van der Waals surface area contributed by atoms with E-state index in [4.69, 9.17) is 0 Å². The standard InChI is InChI=1S/C19H26BrN5S/c1-13-18(26-14(2)24-13)11-23-19(21-3)22-10-15-7-8-25(12-15)17-6-4-5-16(20)9-17/h4-6,9,15H,7-8,10-12H2,1-3H3,(H2,21,22,23). The minimum atomic E-state index is 0.625. The van der Waals surface area contributed by atoms with Crippen LogP contribution in [0, 0.1) is 19.8 Å². The summed E-state index contributed by atoms with van der Waals surface area (Å²) in [5, 5.41) is 7.99. The van der Waals surface area contributed by atoms with Crippen LogP contribution in [0.15, 0.2) is 33.7 Å². The number of nitrogens with one attached hydrogen (secondary N) is 2. The third-order valence-electron chi connectivity index (χ3n) is 4.66. The average Bonchev–Trinajstić information content (AvgIpc) is 3.21. The van der Waals surface area contributed by atoms with Crippen molar-refractivity contribution in [3.8, 4) is 0 Å². The third-order valence-corrected chi connectivity index (χ3v) is 6.22. The fourth-order valence-corrected chi connectivity index (χ4v) is 4.53. The quantitative estimate of drug-likeness (QED) is 0.554. The van der Waals surface area contributed by atoms with Crippen molar-refractivity contribution < 1.29 is 0 Å². The van der Waals surface area contributed by atoms with Gasteiger partial charge in [-0.05, 0) is 44.4 Å². The third kappa shape index (κ3) is 4.98. The molecule has 1 aromatic heterocycles. The van der Waals surface area contributed by atoms with E-state index in [9.17, 15) is 0 Å². The predicted octanol–water partition coefficient (Wildman–Crippen LogP) is 3.71. The van der Waals surface area contributed by atoms with E-state index in [1.54, 1.807) is 11.3 Å². The highest BCUT2D eigenvalue weighted by atomic mass is 79.9. The van der Waals surface area contributed by atoms with Gasteiger partial charge in [0.25, 0.3) is 0 Å². The molecule has 1 saturated heterocycles. The zero-order chi connectivity index (χ0) is 18.5. The van der Waals surface area contributed by atoms with Crippen LogP contribution in [-0.2, 0) is 6.54 Å². The number of aliphatic imine (C=N–C) groups is 1. The predicted molar refractivity (Wildman–Crippen MR) is 114 cm³/mol. The van der Waals surface area contributed by atoms with Gasteiger partial charge in [-0.25, -0.2) is 4.98 Å². The van der Waals surface area contributed by atoms with Crippen LogP contribution >= 0.6 is 27.3 Å². The lowest BCUT2D eigenvalue weighted by molar-refractivity contribution is 0.566.